The predicted octanol–water partition coefficient (Wildman–Crippen LogP) is 1.67. The van der Waals surface area contributed by atoms with Crippen molar-refractivity contribution in [2.45, 2.75) is 19.4 Å². The summed E-state index contributed by atoms with van der Waals surface area (Å²) >= 11 is 0. The van der Waals surface area contributed by atoms with Gasteiger partial charge in [-0.3, -0.25) is 10.1 Å². The van der Waals surface area contributed by atoms with Crippen molar-refractivity contribution in [3.05, 3.63) is 33.9 Å². The van der Waals surface area contributed by atoms with Crippen molar-refractivity contribution < 1.29 is 10.0 Å². The average Bonchev–Trinajstić information content (AvgIpc) is 2.78. The maximum atomic E-state index is 10.9. The minimum atomic E-state index is -0.546. The number of nitrogens with zero attached hydrogens (tertiary/aromatic N) is 3. The Labute approximate surface area is 111 Å². The maximum absolute atomic E-state index is 10.9. The van der Waals surface area contributed by atoms with E-state index in [1.54, 1.807) is 6.07 Å². The molecule has 0 aliphatic carbocycles. The lowest BCUT2D eigenvalue weighted by Gasteiger charge is -2.27. The lowest BCUT2D eigenvalue weighted by atomic mass is 10.0. The molecule has 0 saturated carbocycles. The summed E-state index contributed by atoms with van der Waals surface area (Å²) in [6.07, 6.45) is 0.943. The van der Waals surface area contributed by atoms with Crippen molar-refractivity contribution in [3.63, 3.8) is 0 Å². The predicted molar refractivity (Wildman–Crippen MR) is 69.8 cm³/mol. The molecule has 1 N–H and O–H groups in total. The van der Waals surface area contributed by atoms with Gasteiger partial charge in [0.1, 0.15) is 11.6 Å². The second-order valence-corrected chi connectivity index (χ2v) is 4.78. The molecule has 0 bridgehead atoms. The van der Waals surface area contributed by atoms with Crippen molar-refractivity contribution in [2.75, 3.05) is 18.1 Å². The summed E-state index contributed by atoms with van der Waals surface area (Å²) in [4.78, 5) is 12.4. The third kappa shape index (κ3) is 2.37. The van der Waals surface area contributed by atoms with E-state index in [1.165, 1.54) is 12.1 Å². The van der Waals surface area contributed by atoms with Crippen molar-refractivity contribution in [3.8, 4) is 6.07 Å². The van der Waals surface area contributed by atoms with Gasteiger partial charge >= 0.3 is 0 Å². The second-order valence-electron chi connectivity index (χ2n) is 4.78. The van der Waals surface area contributed by atoms with Crippen LogP contribution in [0.25, 0.3) is 0 Å². The lowest BCUT2D eigenvalue weighted by molar-refractivity contribution is -0.385. The van der Waals surface area contributed by atoms with Crippen LogP contribution in [0.5, 0.6) is 0 Å². The largest absolute Gasteiger partial charge is 0.394 e. The highest BCUT2D eigenvalue weighted by molar-refractivity contribution is 5.61. The Morgan fingerprint density at radius 3 is 2.95 bits per heavy atom. The average molecular weight is 261 g/mol. The van der Waals surface area contributed by atoms with E-state index in [9.17, 15) is 15.2 Å². The van der Waals surface area contributed by atoms with Crippen LogP contribution in [0.3, 0.4) is 0 Å². The molecule has 6 nitrogen and oxygen atoms in total. The van der Waals surface area contributed by atoms with Gasteiger partial charge in [-0.15, -0.1) is 0 Å². The fourth-order valence-electron chi connectivity index (χ4n) is 2.55. The van der Waals surface area contributed by atoms with E-state index in [1.807, 2.05) is 11.0 Å². The molecule has 1 aromatic carbocycles. The summed E-state index contributed by atoms with van der Waals surface area (Å²) in [5.74, 6) is 0.347. The number of nitro benzene ring substituents is 1. The number of aliphatic hydroxyl groups is 1. The first kappa shape index (κ1) is 13.3. The van der Waals surface area contributed by atoms with Crippen LogP contribution in [0.4, 0.5) is 11.4 Å². The Morgan fingerprint density at radius 2 is 2.37 bits per heavy atom. The lowest BCUT2D eigenvalue weighted by Crippen LogP contribution is -2.35. The highest BCUT2D eigenvalue weighted by Gasteiger charge is 2.31. The number of hydrogen-bond acceptors (Lipinski definition) is 5. The first-order chi connectivity index (χ1) is 9.08. The molecule has 1 heterocycles. The molecule has 100 valence electrons. The first-order valence-electron chi connectivity index (χ1n) is 6.14. The van der Waals surface area contributed by atoms with Gasteiger partial charge in [0.15, 0.2) is 0 Å². The Kier molecular flexibility index (Phi) is 3.67. The number of hydrogen-bond donors (Lipinski definition) is 1. The Balaban J connectivity index is 2.39. The molecule has 0 spiro atoms. The number of aliphatic hydroxyl groups excluding tert-OH is 1. The molecule has 0 radical (unpaired) electrons. The van der Waals surface area contributed by atoms with E-state index in [-0.39, 0.29) is 23.9 Å². The molecular formula is C13H15N3O3. The van der Waals surface area contributed by atoms with Gasteiger partial charge in [0, 0.05) is 18.3 Å². The van der Waals surface area contributed by atoms with Crippen molar-refractivity contribution in [2.24, 2.45) is 5.92 Å². The second kappa shape index (κ2) is 5.24. The van der Waals surface area contributed by atoms with Gasteiger partial charge in [-0.05, 0) is 24.5 Å². The maximum Gasteiger partial charge on any atom is 0.289 e. The Hall–Kier alpha value is -2.13. The van der Waals surface area contributed by atoms with Crippen LogP contribution < -0.4 is 4.90 Å². The van der Waals surface area contributed by atoms with Gasteiger partial charge in [-0.2, -0.15) is 5.26 Å². The molecule has 0 amide bonds. The zero-order valence-electron chi connectivity index (χ0n) is 10.6. The summed E-state index contributed by atoms with van der Waals surface area (Å²) in [6, 6.07) is 6.38. The van der Waals surface area contributed by atoms with Gasteiger partial charge in [0.2, 0.25) is 0 Å². The zero-order chi connectivity index (χ0) is 14.0. The Morgan fingerprint density at radius 1 is 1.63 bits per heavy atom. The van der Waals surface area contributed by atoms with Crippen LogP contribution >= 0.6 is 0 Å². The van der Waals surface area contributed by atoms with Crippen LogP contribution in [0.2, 0.25) is 0 Å². The van der Waals surface area contributed by atoms with Crippen LogP contribution in [0, 0.1) is 27.4 Å². The van der Waals surface area contributed by atoms with Crippen molar-refractivity contribution in [1.82, 2.24) is 0 Å². The van der Waals surface area contributed by atoms with Gasteiger partial charge < -0.3 is 10.0 Å². The molecule has 2 unspecified atom stereocenters. The van der Waals surface area contributed by atoms with Crippen LogP contribution in [0.15, 0.2) is 18.2 Å². The minimum absolute atomic E-state index is 0.0208. The highest BCUT2D eigenvalue weighted by atomic mass is 16.6. The van der Waals surface area contributed by atoms with E-state index in [0.717, 1.165) is 13.0 Å². The van der Waals surface area contributed by atoms with E-state index >= 15 is 0 Å². The first-order valence-corrected chi connectivity index (χ1v) is 6.14. The van der Waals surface area contributed by atoms with Crippen LogP contribution in [-0.4, -0.2) is 29.2 Å². The number of rotatable bonds is 3. The summed E-state index contributed by atoms with van der Waals surface area (Å²) in [6.45, 7) is 2.84. The van der Waals surface area contributed by atoms with Gasteiger partial charge in [-0.25, -0.2) is 0 Å². The molecule has 0 aromatic heterocycles. The summed E-state index contributed by atoms with van der Waals surface area (Å²) in [5.41, 5.74) is 0.562. The van der Waals surface area contributed by atoms with E-state index < -0.39 is 4.92 Å². The van der Waals surface area contributed by atoms with Crippen LogP contribution in [-0.2, 0) is 0 Å². The van der Waals surface area contributed by atoms with Gasteiger partial charge in [0.25, 0.3) is 5.69 Å². The van der Waals surface area contributed by atoms with Gasteiger partial charge in [-0.1, -0.05) is 6.92 Å². The fraction of sp³-hybridized carbons (Fsp3) is 0.462. The number of anilines is 1. The number of benzene rings is 1. The molecular weight excluding hydrogens is 246 g/mol. The quantitative estimate of drug-likeness (QED) is 0.660. The Bertz CT molecular complexity index is 538. The molecule has 1 aliphatic heterocycles. The molecule has 1 fully saturated rings. The molecule has 2 atom stereocenters. The third-order valence-corrected chi connectivity index (χ3v) is 3.70. The van der Waals surface area contributed by atoms with Crippen molar-refractivity contribution in [1.29, 1.82) is 5.26 Å². The molecule has 1 aromatic rings. The van der Waals surface area contributed by atoms with E-state index in [2.05, 4.69) is 6.92 Å². The summed E-state index contributed by atoms with van der Waals surface area (Å²) in [7, 11) is 0. The van der Waals surface area contributed by atoms with Crippen molar-refractivity contribution >= 4 is 11.4 Å². The topological polar surface area (TPSA) is 90.4 Å². The zero-order valence-corrected chi connectivity index (χ0v) is 10.6. The fourth-order valence-corrected chi connectivity index (χ4v) is 2.55. The van der Waals surface area contributed by atoms with E-state index in [4.69, 9.17) is 5.26 Å². The smallest absolute Gasteiger partial charge is 0.289 e. The van der Waals surface area contributed by atoms with E-state index in [0.29, 0.717) is 11.6 Å². The molecule has 1 aliphatic rings. The van der Waals surface area contributed by atoms with Gasteiger partial charge in [0.05, 0.1) is 17.6 Å². The SMILES string of the molecule is CC1CCN(c2ccc(C#N)c([N+](=O)[O-])c2)C1CO. The monoisotopic (exact) mass is 261 g/mol. The molecule has 2 rings (SSSR count). The summed E-state index contributed by atoms with van der Waals surface area (Å²) < 4.78 is 0. The number of nitriles is 1. The molecule has 19 heavy (non-hydrogen) atoms. The standard InChI is InChI=1S/C13H15N3O3/c1-9-4-5-15(13(9)8-17)11-3-2-10(7-14)12(6-11)16(18)19/h2-3,6,9,13,17H,4-5,8H2,1H3. The summed E-state index contributed by atoms with van der Waals surface area (Å²) in [5, 5.41) is 29.2. The molecule has 1 saturated heterocycles. The van der Waals surface area contributed by atoms with Crippen LogP contribution in [0.1, 0.15) is 18.9 Å². The molecule has 6 heteroatoms. The third-order valence-electron chi connectivity index (χ3n) is 3.70. The number of nitro groups is 1. The highest BCUT2D eigenvalue weighted by Crippen LogP contribution is 2.32. The minimum Gasteiger partial charge on any atom is -0.394 e. The normalized spacial score (nSPS) is 22.3.